The number of carbonyl (C=O) groups is 2. The van der Waals surface area contributed by atoms with Crippen LogP contribution >= 0.6 is 11.6 Å². The van der Waals surface area contributed by atoms with Gasteiger partial charge in [-0.05, 0) is 31.5 Å². The van der Waals surface area contributed by atoms with Gasteiger partial charge in [-0.3, -0.25) is 14.5 Å². The Bertz CT molecular complexity index is 1430. The van der Waals surface area contributed by atoms with Crippen molar-refractivity contribution in [3.05, 3.63) is 66.7 Å². The maximum atomic E-state index is 11.8. The SMILES string of the molecule is C=C.CCS(=O)(=O)CCCOc1ccc(N(C=O)/C=N\n2cc(-c3ncc(Cl)cn3)cc2C)cc1OC.NCC(=O)O. The van der Waals surface area contributed by atoms with Gasteiger partial charge in [-0.25, -0.2) is 23.1 Å². The highest BCUT2D eigenvalue weighted by atomic mass is 35.5. The zero-order valence-corrected chi connectivity index (χ0v) is 25.2. The Hall–Kier alpha value is -4.27. The number of ether oxygens (including phenoxy) is 2. The van der Waals surface area contributed by atoms with Crippen LogP contribution in [0.1, 0.15) is 19.0 Å². The molecule has 228 valence electrons. The first-order valence-corrected chi connectivity index (χ1v) is 14.6. The Morgan fingerprint density at radius 3 is 2.43 bits per heavy atom. The van der Waals surface area contributed by atoms with Gasteiger partial charge >= 0.3 is 5.97 Å². The van der Waals surface area contributed by atoms with Gasteiger partial charge in [-0.15, -0.1) is 13.2 Å². The Kier molecular flexibility index (Phi) is 15.5. The zero-order valence-electron chi connectivity index (χ0n) is 23.6. The number of nitrogens with two attached hydrogens (primary N) is 1. The summed E-state index contributed by atoms with van der Waals surface area (Å²) in [5.41, 5.74) is 6.64. The van der Waals surface area contributed by atoms with E-state index in [0.717, 1.165) is 11.3 Å². The number of carboxylic acids is 1. The molecule has 1 aromatic carbocycles. The van der Waals surface area contributed by atoms with Crippen molar-refractivity contribution in [3.63, 3.8) is 0 Å². The van der Waals surface area contributed by atoms with E-state index in [-0.39, 0.29) is 24.7 Å². The van der Waals surface area contributed by atoms with Crippen molar-refractivity contribution in [3.8, 4) is 22.9 Å². The number of hydrogen-bond donors (Lipinski definition) is 2. The third-order valence-corrected chi connectivity index (χ3v) is 7.18. The Morgan fingerprint density at radius 1 is 1.24 bits per heavy atom. The van der Waals surface area contributed by atoms with Crippen molar-refractivity contribution < 1.29 is 32.6 Å². The molecule has 1 amide bonds. The fourth-order valence-corrected chi connectivity index (χ4v) is 4.02. The molecular formula is C27H35ClN6O7S. The topological polar surface area (TPSA) is 179 Å². The highest BCUT2D eigenvalue weighted by Gasteiger charge is 2.12. The van der Waals surface area contributed by atoms with Crippen LogP contribution in [0.2, 0.25) is 5.02 Å². The number of aromatic nitrogens is 3. The summed E-state index contributed by atoms with van der Waals surface area (Å²) in [5, 5.41) is 12.4. The summed E-state index contributed by atoms with van der Waals surface area (Å²) in [7, 11) is -1.56. The number of nitrogens with zero attached hydrogens (tertiary/aromatic N) is 5. The second-order valence-corrected chi connectivity index (χ2v) is 11.0. The third kappa shape index (κ3) is 11.7. The number of hydrogen-bond acceptors (Lipinski definition) is 10. The van der Waals surface area contributed by atoms with E-state index in [9.17, 15) is 18.0 Å². The summed E-state index contributed by atoms with van der Waals surface area (Å²) in [6, 6.07) is 6.83. The zero-order chi connectivity index (χ0) is 31.7. The van der Waals surface area contributed by atoms with Crippen molar-refractivity contribution in [2.75, 3.05) is 36.7 Å². The van der Waals surface area contributed by atoms with E-state index in [1.807, 2.05) is 13.0 Å². The highest BCUT2D eigenvalue weighted by molar-refractivity contribution is 7.91. The van der Waals surface area contributed by atoms with Gasteiger partial charge in [0.05, 0.1) is 36.7 Å². The molecule has 0 aliphatic heterocycles. The number of carboxylic acid groups (broad SMARTS) is 1. The summed E-state index contributed by atoms with van der Waals surface area (Å²) in [6.45, 7) is 9.42. The molecule has 0 saturated carbocycles. The number of aliphatic carboxylic acids is 1. The molecule has 15 heteroatoms. The maximum absolute atomic E-state index is 11.8. The molecule has 13 nitrogen and oxygen atoms in total. The van der Waals surface area contributed by atoms with Crippen molar-refractivity contribution in [1.29, 1.82) is 0 Å². The number of anilines is 1. The number of amides is 1. The number of rotatable bonds is 13. The second-order valence-electron chi connectivity index (χ2n) is 8.05. The fourth-order valence-electron chi connectivity index (χ4n) is 3.08. The molecule has 3 aromatic rings. The van der Waals surface area contributed by atoms with Crippen LogP contribution < -0.4 is 20.1 Å². The molecule has 0 spiro atoms. The van der Waals surface area contributed by atoms with Gasteiger partial charge in [0.25, 0.3) is 0 Å². The van der Waals surface area contributed by atoms with Gasteiger partial charge in [0, 0.05) is 41.7 Å². The lowest BCUT2D eigenvalue weighted by Gasteiger charge is -2.16. The monoisotopic (exact) mass is 622 g/mol. The summed E-state index contributed by atoms with van der Waals surface area (Å²) in [6.07, 6.45) is 7.14. The van der Waals surface area contributed by atoms with Crippen LogP contribution in [0.3, 0.4) is 0 Å². The van der Waals surface area contributed by atoms with E-state index in [4.69, 9.17) is 26.2 Å². The van der Waals surface area contributed by atoms with Crippen molar-refractivity contribution >= 4 is 45.8 Å². The Morgan fingerprint density at radius 2 is 1.88 bits per heavy atom. The largest absolute Gasteiger partial charge is 0.493 e. The number of halogens is 1. The molecule has 2 heterocycles. The summed E-state index contributed by atoms with van der Waals surface area (Å²) < 4.78 is 35.9. The highest BCUT2D eigenvalue weighted by Crippen LogP contribution is 2.31. The molecule has 0 atom stereocenters. The molecule has 0 aliphatic rings. The van der Waals surface area contributed by atoms with E-state index >= 15 is 0 Å². The number of carbonyl (C=O) groups excluding carboxylic acids is 1. The van der Waals surface area contributed by atoms with Crippen LogP contribution in [0.25, 0.3) is 11.4 Å². The lowest BCUT2D eigenvalue weighted by molar-refractivity contribution is -0.135. The molecule has 2 aromatic heterocycles. The van der Waals surface area contributed by atoms with E-state index in [1.165, 1.54) is 30.7 Å². The minimum atomic E-state index is -3.05. The van der Waals surface area contributed by atoms with Crippen LogP contribution in [-0.2, 0) is 19.4 Å². The van der Waals surface area contributed by atoms with Gasteiger partial charge in [0.15, 0.2) is 17.3 Å². The first kappa shape index (κ1) is 35.8. The van der Waals surface area contributed by atoms with Crippen LogP contribution in [0.5, 0.6) is 11.5 Å². The maximum Gasteiger partial charge on any atom is 0.317 e. The van der Waals surface area contributed by atoms with Gasteiger partial charge in [0.2, 0.25) is 6.41 Å². The predicted octanol–water partition coefficient (Wildman–Crippen LogP) is 3.41. The van der Waals surface area contributed by atoms with Gasteiger partial charge in [-0.2, -0.15) is 5.10 Å². The van der Waals surface area contributed by atoms with Gasteiger partial charge < -0.3 is 20.3 Å². The molecule has 0 bridgehead atoms. The number of aryl methyl sites for hydroxylation is 1. The minimum Gasteiger partial charge on any atom is -0.493 e. The van der Waals surface area contributed by atoms with Crippen LogP contribution in [0.4, 0.5) is 5.69 Å². The third-order valence-electron chi connectivity index (χ3n) is 5.20. The minimum absolute atomic E-state index is 0.0595. The summed E-state index contributed by atoms with van der Waals surface area (Å²) in [4.78, 5) is 30.7. The fraction of sp³-hybridized carbons (Fsp3) is 0.296. The van der Waals surface area contributed by atoms with Crippen molar-refractivity contribution in [2.45, 2.75) is 20.3 Å². The number of methoxy groups -OCH3 is 1. The first-order valence-electron chi connectivity index (χ1n) is 12.4. The molecule has 0 radical (unpaired) electrons. The van der Waals surface area contributed by atoms with Gasteiger partial charge in [0.1, 0.15) is 16.2 Å². The molecule has 3 N–H and O–H groups in total. The average molecular weight is 623 g/mol. The van der Waals surface area contributed by atoms with Crippen LogP contribution in [-0.4, -0.2) is 78.7 Å². The van der Waals surface area contributed by atoms with Crippen molar-refractivity contribution in [1.82, 2.24) is 14.6 Å². The lowest BCUT2D eigenvalue weighted by Crippen LogP contribution is -2.19. The standard InChI is InChI=1S/C23H26ClN5O5S.C2H5NO2.C2H4/c1-4-35(31,32)9-5-8-34-21-7-6-20(11-22(21)33-3)28(16-30)15-27-29-14-18(10-17(29)2)23-25-12-19(24)13-26-23;3-1-2(4)5;1-2/h6-7,10-16H,4-5,8-9H2,1-3H3;1,3H2,(H,4,5);1-2H2/b27-15-;;. The smallest absolute Gasteiger partial charge is 0.317 e. The van der Waals surface area contributed by atoms with E-state index in [0.29, 0.717) is 40.9 Å². The summed E-state index contributed by atoms with van der Waals surface area (Å²) >= 11 is 5.85. The van der Waals surface area contributed by atoms with Gasteiger partial charge in [-0.1, -0.05) is 18.5 Å². The molecule has 3 rings (SSSR count). The van der Waals surface area contributed by atoms with Crippen LogP contribution in [0, 0.1) is 6.92 Å². The quantitative estimate of drug-likeness (QED) is 0.0943. The lowest BCUT2D eigenvalue weighted by atomic mass is 10.2. The Balaban J connectivity index is 0.00000114. The van der Waals surface area contributed by atoms with E-state index in [2.05, 4.69) is 34.0 Å². The van der Waals surface area contributed by atoms with Crippen molar-refractivity contribution in [2.24, 2.45) is 10.8 Å². The summed E-state index contributed by atoms with van der Waals surface area (Å²) in [5.74, 6) is 0.551. The van der Waals surface area contributed by atoms with E-state index < -0.39 is 15.8 Å². The Labute approximate surface area is 250 Å². The number of sulfone groups is 1. The molecule has 0 aliphatic carbocycles. The number of benzene rings is 1. The second kappa shape index (κ2) is 18.2. The molecule has 0 unspecified atom stereocenters. The molecule has 42 heavy (non-hydrogen) atoms. The molecule has 0 fully saturated rings. The first-order chi connectivity index (χ1) is 20.0. The van der Waals surface area contributed by atoms with Crippen LogP contribution in [0.15, 0.2) is 61.1 Å². The predicted molar refractivity (Wildman–Crippen MR) is 163 cm³/mol. The molecular weight excluding hydrogens is 588 g/mol. The van der Waals surface area contributed by atoms with E-state index in [1.54, 1.807) is 36.0 Å². The molecule has 0 saturated heterocycles. The average Bonchev–Trinajstić information content (AvgIpc) is 3.37. The normalized spacial score (nSPS) is 10.6.